The molecule has 1 aromatic rings. The predicted octanol–water partition coefficient (Wildman–Crippen LogP) is 2.55. The van der Waals surface area contributed by atoms with Crippen molar-refractivity contribution < 1.29 is 18.3 Å². The van der Waals surface area contributed by atoms with E-state index in [0.717, 1.165) is 13.0 Å². The van der Waals surface area contributed by atoms with Crippen LogP contribution in [0.25, 0.3) is 0 Å². The van der Waals surface area contributed by atoms with Crippen molar-refractivity contribution in [1.29, 1.82) is 0 Å². The molecule has 1 heterocycles. The fraction of sp³-hybridized carbons (Fsp3) is 0.533. The molecule has 1 aliphatic rings. The number of carbonyl (C=O) groups is 1. The topological polar surface area (TPSA) is 77.9 Å². The van der Waals surface area contributed by atoms with Crippen molar-refractivity contribution in [3.8, 4) is 0 Å². The molecule has 0 atom stereocenters. The molecule has 1 fully saturated rings. The summed E-state index contributed by atoms with van der Waals surface area (Å²) in [6.45, 7) is 2.71. The zero-order valence-corrected chi connectivity index (χ0v) is 15.4. The Morgan fingerprint density at radius 1 is 1.08 bits per heavy atom. The van der Waals surface area contributed by atoms with E-state index in [1.165, 1.54) is 16.4 Å². The van der Waals surface area contributed by atoms with Gasteiger partial charge < -0.3 is 10.0 Å². The van der Waals surface area contributed by atoms with Crippen LogP contribution in [0.5, 0.6) is 0 Å². The van der Waals surface area contributed by atoms with Crippen LogP contribution in [0.1, 0.15) is 19.3 Å². The van der Waals surface area contributed by atoms with E-state index in [4.69, 9.17) is 28.3 Å². The first-order valence-electron chi connectivity index (χ1n) is 7.70. The molecule has 9 heteroatoms. The molecule has 0 unspecified atom stereocenters. The van der Waals surface area contributed by atoms with Gasteiger partial charge in [0.2, 0.25) is 10.0 Å². The van der Waals surface area contributed by atoms with Crippen LogP contribution in [0.15, 0.2) is 23.1 Å². The molecule has 0 bridgehead atoms. The van der Waals surface area contributed by atoms with E-state index >= 15 is 0 Å². The Hall–Kier alpha value is -0.860. The molecular weight excluding hydrogens is 375 g/mol. The van der Waals surface area contributed by atoms with Gasteiger partial charge in [-0.25, -0.2) is 8.42 Å². The molecule has 0 amide bonds. The van der Waals surface area contributed by atoms with Gasteiger partial charge in [0.1, 0.15) is 4.90 Å². The lowest BCUT2D eigenvalue weighted by Gasteiger charge is -2.34. The molecule has 2 rings (SSSR count). The fourth-order valence-electron chi connectivity index (χ4n) is 2.66. The van der Waals surface area contributed by atoms with Crippen molar-refractivity contribution in [1.82, 2.24) is 9.21 Å². The number of benzene rings is 1. The standard InChI is InChI=1S/C15H20Cl2N2O4S/c16-12-4-3-5-13(17)15(12)24(22,23)19-10-8-18(9-11-19)7-2-1-6-14(20)21/h3-5H,1-2,6-11H2,(H,20,21). The lowest BCUT2D eigenvalue weighted by molar-refractivity contribution is -0.137. The highest BCUT2D eigenvalue weighted by molar-refractivity contribution is 7.89. The van der Waals surface area contributed by atoms with Crippen molar-refractivity contribution in [2.24, 2.45) is 0 Å². The second kappa shape index (κ2) is 8.49. The predicted molar refractivity (Wildman–Crippen MR) is 93.1 cm³/mol. The van der Waals surface area contributed by atoms with Gasteiger partial charge in [0.05, 0.1) is 10.0 Å². The van der Waals surface area contributed by atoms with E-state index in [-0.39, 0.29) is 21.4 Å². The second-order valence-corrected chi connectivity index (χ2v) is 8.34. The number of carboxylic acids is 1. The van der Waals surface area contributed by atoms with E-state index in [1.807, 2.05) is 0 Å². The fourth-order valence-corrected chi connectivity index (χ4v) is 5.18. The summed E-state index contributed by atoms with van der Waals surface area (Å²) in [5, 5.41) is 8.87. The van der Waals surface area contributed by atoms with Gasteiger partial charge in [-0.3, -0.25) is 4.79 Å². The maximum Gasteiger partial charge on any atom is 0.303 e. The number of carboxylic acid groups (broad SMARTS) is 1. The summed E-state index contributed by atoms with van der Waals surface area (Å²) >= 11 is 12.0. The zero-order valence-electron chi connectivity index (χ0n) is 13.1. The van der Waals surface area contributed by atoms with Gasteiger partial charge in [-0.05, 0) is 31.5 Å². The van der Waals surface area contributed by atoms with Crippen LogP contribution in [-0.4, -0.2) is 61.4 Å². The minimum atomic E-state index is -3.72. The molecule has 0 spiro atoms. The van der Waals surface area contributed by atoms with Crippen LogP contribution in [0.4, 0.5) is 0 Å². The van der Waals surface area contributed by atoms with Crippen molar-refractivity contribution in [2.75, 3.05) is 32.7 Å². The molecule has 0 aliphatic carbocycles. The molecule has 134 valence electrons. The second-order valence-electron chi connectivity index (χ2n) is 5.65. The number of nitrogens with zero attached hydrogens (tertiary/aromatic N) is 2. The summed E-state index contributed by atoms with van der Waals surface area (Å²) in [7, 11) is -3.72. The molecule has 1 aliphatic heterocycles. The van der Waals surface area contributed by atoms with Crippen LogP contribution in [-0.2, 0) is 14.8 Å². The first kappa shape index (κ1) is 19.5. The first-order chi connectivity index (χ1) is 11.3. The molecule has 6 nitrogen and oxygen atoms in total. The summed E-state index contributed by atoms with van der Waals surface area (Å²) in [5.41, 5.74) is 0. The molecule has 1 N–H and O–H groups in total. The number of hydrogen-bond acceptors (Lipinski definition) is 4. The number of unbranched alkanes of at least 4 members (excludes halogenated alkanes) is 1. The molecule has 24 heavy (non-hydrogen) atoms. The van der Waals surface area contributed by atoms with Gasteiger partial charge in [0.25, 0.3) is 0 Å². The lowest BCUT2D eigenvalue weighted by Crippen LogP contribution is -2.48. The third-order valence-corrected chi connectivity index (χ3v) is 6.82. The van der Waals surface area contributed by atoms with E-state index < -0.39 is 16.0 Å². The van der Waals surface area contributed by atoms with Crippen molar-refractivity contribution >= 4 is 39.2 Å². The molecular formula is C15H20Cl2N2O4S. The zero-order chi connectivity index (χ0) is 17.7. The summed E-state index contributed by atoms with van der Waals surface area (Å²) in [4.78, 5) is 12.6. The highest BCUT2D eigenvalue weighted by atomic mass is 35.5. The monoisotopic (exact) mass is 394 g/mol. The average molecular weight is 395 g/mol. The van der Waals surface area contributed by atoms with Crippen LogP contribution in [0, 0.1) is 0 Å². The van der Waals surface area contributed by atoms with E-state index in [9.17, 15) is 13.2 Å². The summed E-state index contributed by atoms with van der Waals surface area (Å²) < 4.78 is 26.9. The van der Waals surface area contributed by atoms with Gasteiger partial charge in [-0.1, -0.05) is 29.3 Å². The average Bonchev–Trinajstić information content (AvgIpc) is 2.51. The van der Waals surface area contributed by atoms with E-state index in [2.05, 4.69) is 4.90 Å². The number of hydrogen-bond donors (Lipinski definition) is 1. The molecule has 0 saturated carbocycles. The van der Waals surface area contributed by atoms with Crippen molar-refractivity contribution in [3.63, 3.8) is 0 Å². The number of piperazine rings is 1. The largest absolute Gasteiger partial charge is 0.481 e. The van der Waals surface area contributed by atoms with Gasteiger partial charge in [0, 0.05) is 32.6 Å². The Morgan fingerprint density at radius 3 is 2.21 bits per heavy atom. The minimum Gasteiger partial charge on any atom is -0.481 e. The van der Waals surface area contributed by atoms with Gasteiger partial charge in [-0.15, -0.1) is 0 Å². The number of rotatable bonds is 7. The molecule has 1 aromatic carbocycles. The lowest BCUT2D eigenvalue weighted by atomic mass is 10.2. The Balaban J connectivity index is 1.93. The molecule has 0 radical (unpaired) electrons. The van der Waals surface area contributed by atoms with Crippen LogP contribution in [0.3, 0.4) is 0 Å². The normalized spacial score (nSPS) is 17.1. The quantitative estimate of drug-likeness (QED) is 0.718. The third-order valence-electron chi connectivity index (χ3n) is 3.96. The Bertz CT molecular complexity index is 668. The number of halogens is 2. The van der Waals surface area contributed by atoms with Gasteiger partial charge >= 0.3 is 5.97 Å². The molecule has 1 saturated heterocycles. The van der Waals surface area contributed by atoms with E-state index in [0.29, 0.717) is 32.6 Å². The highest BCUT2D eigenvalue weighted by Crippen LogP contribution is 2.31. The summed E-state index contributed by atoms with van der Waals surface area (Å²) in [6, 6.07) is 4.64. The highest BCUT2D eigenvalue weighted by Gasteiger charge is 2.31. The third kappa shape index (κ3) is 4.83. The maximum absolute atomic E-state index is 12.7. The number of aliphatic carboxylic acids is 1. The van der Waals surface area contributed by atoms with Crippen molar-refractivity contribution in [2.45, 2.75) is 24.2 Å². The van der Waals surface area contributed by atoms with Gasteiger partial charge in [-0.2, -0.15) is 4.31 Å². The first-order valence-corrected chi connectivity index (χ1v) is 9.90. The van der Waals surface area contributed by atoms with Gasteiger partial charge in [0.15, 0.2) is 0 Å². The maximum atomic E-state index is 12.7. The smallest absolute Gasteiger partial charge is 0.303 e. The number of sulfonamides is 1. The summed E-state index contributed by atoms with van der Waals surface area (Å²) in [5.74, 6) is -0.789. The summed E-state index contributed by atoms with van der Waals surface area (Å²) in [6.07, 6.45) is 1.58. The van der Waals surface area contributed by atoms with Crippen molar-refractivity contribution in [3.05, 3.63) is 28.2 Å². The minimum absolute atomic E-state index is 0.0387. The van der Waals surface area contributed by atoms with Crippen LogP contribution >= 0.6 is 23.2 Å². The van der Waals surface area contributed by atoms with Crippen LogP contribution < -0.4 is 0 Å². The Kier molecular flexibility index (Phi) is 6.88. The van der Waals surface area contributed by atoms with E-state index in [1.54, 1.807) is 6.07 Å². The Morgan fingerprint density at radius 2 is 1.67 bits per heavy atom. The Labute approximate surface area is 152 Å². The molecule has 0 aromatic heterocycles. The van der Waals surface area contributed by atoms with Crippen LogP contribution in [0.2, 0.25) is 10.0 Å². The SMILES string of the molecule is O=C(O)CCCCN1CCN(S(=O)(=O)c2c(Cl)cccc2Cl)CC1.